The van der Waals surface area contributed by atoms with Gasteiger partial charge in [0.1, 0.15) is 0 Å². The van der Waals surface area contributed by atoms with E-state index in [9.17, 15) is 9.59 Å². The highest BCUT2D eigenvalue weighted by atomic mass is 16.5. The van der Waals surface area contributed by atoms with Gasteiger partial charge < -0.3 is 9.47 Å². The maximum absolute atomic E-state index is 11.7. The summed E-state index contributed by atoms with van der Waals surface area (Å²) >= 11 is 0. The molecule has 0 aliphatic heterocycles. The number of carbonyl (C=O) groups is 2. The van der Waals surface area contributed by atoms with Gasteiger partial charge in [0.2, 0.25) is 0 Å². The number of methoxy groups -OCH3 is 2. The molecule has 0 heterocycles. The smallest absolute Gasteiger partial charge is 0.337 e. The molecule has 2 rings (SSSR count). The summed E-state index contributed by atoms with van der Waals surface area (Å²) < 4.78 is 9.37. The Morgan fingerprint density at radius 3 is 1.77 bits per heavy atom. The largest absolute Gasteiger partial charge is 0.465 e. The second kappa shape index (κ2) is 7.09. The van der Waals surface area contributed by atoms with Crippen LogP contribution in [-0.2, 0) is 9.47 Å². The second-order valence-electron chi connectivity index (χ2n) is 4.40. The van der Waals surface area contributed by atoms with E-state index in [0.29, 0.717) is 5.56 Å². The van der Waals surface area contributed by atoms with Crippen LogP contribution in [0.25, 0.3) is 0 Å². The van der Waals surface area contributed by atoms with Gasteiger partial charge in [-0.1, -0.05) is 30.0 Å². The molecular formula is C18H14O4. The number of ether oxygens (including phenoxy) is 2. The van der Waals surface area contributed by atoms with E-state index in [1.807, 2.05) is 30.3 Å². The normalized spacial score (nSPS) is 9.36. The third-order valence-electron chi connectivity index (χ3n) is 2.90. The lowest BCUT2D eigenvalue weighted by molar-refractivity contribution is 0.0599. The highest BCUT2D eigenvalue weighted by Gasteiger charge is 2.13. The van der Waals surface area contributed by atoms with Crippen LogP contribution in [0.1, 0.15) is 31.8 Å². The van der Waals surface area contributed by atoms with E-state index in [0.717, 1.165) is 5.56 Å². The first-order valence-corrected chi connectivity index (χ1v) is 6.53. The van der Waals surface area contributed by atoms with Crippen molar-refractivity contribution in [2.75, 3.05) is 14.2 Å². The van der Waals surface area contributed by atoms with E-state index >= 15 is 0 Å². The number of benzene rings is 2. The number of rotatable bonds is 2. The first-order chi connectivity index (χ1) is 10.6. The molecule has 0 aromatic heterocycles. The van der Waals surface area contributed by atoms with Crippen molar-refractivity contribution in [2.24, 2.45) is 0 Å². The molecule has 0 aliphatic rings. The van der Waals surface area contributed by atoms with Crippen molar-refractivity contribution in [1.29, 1.82) is 0 Å². The fourth-order valence-corrected chi connectivity index (χ4v) is 1.84. The van der Waals surface area contributed by atoms with Crippen molar-refractivity contribution in [1.82, 2.24) is 0 Å². The lowest BCUT2D eigenvalue weighted by Crippen LogP contribution is -2.07. The van der Waals surface area contributed by atoms with Crippen molar-refractivity contribution in [3.05, 3.63) is 70.8 Å². The molecule has 4 nitrogen and oxygen atoms in total. The van der Waals surface area contributed by atoms with Crippen molar-refractivity contribution in [2.45, 2.75) is 0 Å². The molecule has 0 bridgehead atoms. The van der Waals surface area contributed by atoms with E-state index in [1.165, 1.54) is 20.3 Å². The third-order valence-corrected chi connectivity index (χ3v) is 2.90. The molecule has 0 spiro atoms. The number of esters is 2. The molecule has 0 radical (unpaired) electrons. The zero-order chi connectivity index (χ0) is 15.9. The Bertz CT molecular complexity index is 717. The van der Waals surface area contributed by atoms with E-state index in [-0.39, 0.29) is 11.1 Å². The Labute approximate surface area is 128 Å². The van der Waals surface area contributed by atoms with Gasteiger partial charge in [0.15, 0.2) is 0 Å². The molecule has 0 aliphatic carbocycles. The predicted octanol–water partition coefficient (Wildman–Crippen LogP) is 2.66. The Kier molecular flexibility index (Phi) is 4.94. The maximum atomic E-state index is 11.7. The molecule has 22 heavy (non-hydrogen) atoms. The second-order valence-corrected chi connectivity index (χ2v) is 4.40. The zero-order valence-electron chi connectivity index (χ0n) is 12.3. The summed E-state index contributed by atoms with van der Waals surface area (Å²) in [5, 5.41) is 0. The van der Waals surface area contributed by atoms with Crippen LogP contribution < -0.4 is 0 Å². The summed E-state index contributed by atoms with van der Waals surface area (Å²) in [7, 11) is 2.56. The molecule has 110 valence electrons. The van der Waals surface area contributed by atoms with Crippen LogP contribution in [0.15, 0.2) is 48.5 Å². The minimum atomic E-state index is -0.534. The molecule has 0 saturated carbocycles. The molecule has 4 heteroatoms. The molecule has 2 aromatic carbocycles. The molecule has 0 N–H and O–H groups in total. The van der Waals surface area contributed by atoms with E-state index in [1.54, 1.807) is 12.1 Å². The van der Waals surface area contributed by atoms with Gasteiger partial charge in [-0.15, -0.1) is 0 Å². The average molecular weight is 294 g/mol. The summed E-state index contributed by atoms with van der Waals surface area (Å²) in [4.78, 5) is 23.4. The van der Waals surface area contributed by atoms with Crippen molar-refractivity contribution < 1.29 is 19.1 Å². The molecule has 0 amide bonds. The van der Waals surface area contributed by atoms with Crippen molar-refractivity contribution in [3.63, 3.8) is 0 Å². The average Bonchev–Trinajstić information content (AvgIpc) is 2.59. The Hall–Kier alpha value is -3.06. The third kappa shape index (κ3) is 3.74. The fourth-order valence-electron chi connectivity index (χ4n) is 1.84. The SMILES string of the molecule is COC(=O)c1cc(C#Cc2ccccc2)cc(C(=O)OC)c1. The quantitative estimate of drug-likeness (QED) is 0.631. The molecule has 2 aromatic rings. The number of hydrogen-bond acceptors (Lipinski definition) is 4. The van der Waals surface area contributed by atoms with Gasteiger partial charge in [0, 0.05) is 11.1 Å². The monoisotopic (exact) mass is 294 g/mol. The van der Waals surface area contributed by atoms with Gasteiger partial charge in [-0.25, -0.2) is 9.59 Å². The standard InChI is InChI=1S/C18H14O4/c1-21-17(19)15-10-14(11-16(12-15)18(20)22-2)9-8-13-6-4-3-5-7-13/h3-7,10-12H,1-2H3. The molecular weight excluding hydrogens is 280 g/mol. The summed E-state index contributed by atoms with van der Waals surface area (Å²) in [6.07, 6.45) is 0. The van der Waals surface area contributed by atoms with Gasteiger partial charge in [0.05, 0.1) is 25.3 Å². The minimum absolute atomic E-state index is 0.253. The van der Waals surface area contributed by atoms with Crippen LogP contribution in [0.4, 0.5) is 0 Å². The first kappa shape index (κ1) is 15.3. The highest BCUT2D eigenvalue weighted by molar-refractivity contribution is 5.96. The summed E-state index contributed by atoms with van der Waals surface area (Å²) in [5.74, 6) is 4.84. The van der Waals surface area contributed by atoms with E-state index in [2.05, 4.69) is 21.3 Å². The van der Waals surface area contributed by atoms with Gasteiger partial charge in [-0.05, 0) is 30.3 Å². The lowest BCUT2D eigenvalue weighted by atomic mass is 10.1. The Morgan fingerprint density at radius 1 is 0.773 bits per heavy atom. The summed E-state index contributed by atoms with van der Waals surface area (Å²) in [5.41, 5.74) is 1.88. The molecule has 0 atom stereocenters. The lowest BCUT2D eigenvalue weighted by Gasteiger charge is -2.04. The van der Waals surface area contributed by atoms with Crippen LogP contribution in [0, 0.1) is 11.8 Å². The van der Waals surface area contributed by atoms with Crippen LogP contribution in [0.5, 0.6) is 0 Å². The van der Waals surface area contributed by atoms with Gasteiger partial charge >= 0.3 is 11.9 Å². The minimum Gasteiger partial charge on any atom is -0.465 e. The zero-order valence-corrected chi connectivity index (χ0v) is 12.3. The highest BCUT2D eigenvalue weighted by Crippen LogP contribution is 2.12. The fraction of sp³-hybridized carbons (Fsp3) is 0.111. The molecule has 0 saturated heterocycles. The molecule has 0 fully saturated rings. The van der Waals surface area contributed by atoms with Crippen molar-refractivity contribution >= 4 is 11.9 Å². The van der Waals surface area contributed by atoms with Gasteiger partial charge in [-0.3, -0.25) is 0 Å². The molecule has 0 unspecified atom stereocenters. The van der Waals surface area contributed by atoms with E-state index < -0.39 is 11.9 Å². The van der Waals surface area contributed by atoms with Gasteiger partial charge in [-0.2, -0.15) is 0 Å². The Morgan fingerprint density at radius 2 is 1.27 bits per heavy atom. The maximum Gasteiger partial charge on any atom is 0.337 e. The Balaban J connectivity index is 2.44. The predicted molar refractivity (Wildman–Crippen MR) is 81.5 cm³/mol. The van der Waals surface area contributed by atoms with Gasteiger partial charge in [0.25, 0.3) is 0 Å². The number of hydrogen-bond donors (Lipinski definition) is 0. The van der Waals surface area contributed by atoms with Crippen LogP contribution in [0.2, 0.25) is 0 Å². The van der Waals surface area contributed by atoms with Crippen LogP contribution in [-0.4, -0.2) is 26.2 Å². The van der Waals surface area contributed by atoms with Crippen LogP contribution >= 0.6 is 0 Å². The topological polar surface area (TPSA) is 52.6 Å². The van der Waals surface area contributed by atoms with Crippen molar-refractivity contribution in [3.8, 4) is 11.8 Å². The van der Waals surface area contributed by atoms with E-state index in [4.69, 9.17) is 0 Å². The summed E-state index contributed by atoms with van der Waals surface area (Å²) in [6.45, 7) is 0. The van der Waals surface area contributed by atoms with Crippen LogP contribution in [0.3, 0.4) is 0 Å². The number of carbonyl (C=O) groups excluding carboxylic acids is 2. The summed E-state index contributed by atoms with van der Waals surface area (Å²) in [6, 6.07) is 14.0. The first-order valence-electron chi connectivity index (χ1n) is 6.53.